The Labute approximate surface area is 93.9 Å². The van der Waals surface area contributed by atoms with Gasteiger partial charge in [-0.3, -0.25) is 4.79 Å². The van der Waals surface area contributed by atoms with Crippen LogP contribution in [0.2, 0.25) is 0 Å². The Morgan fingerprint density at radius 2 is 2.38 bits per heavy atom. The molecule has 0 unspecified atom stereocenters. The predicted octanol–water partition coefficient (Wildman–Crippen LogP) is 2.02. The van der Waals surface area contributed by atoms with E-state index in [1.165, 1.54) is 6.08 Å². The van der Waals surface area contributed by atoms with E-state index in [1.807, 2.05) is 6.07 Å². The molecule has 4 nitrogen and oxygen atoms in total. The molecule has 0 radical (unpaired) electrons. The van der Waals surface area contributed by atoms with Crippen LogP contribution in [-0.2, 0) is 4.79 Å². The number of nitrogens with one attached hydrogen (secondary N) is 1. The molecular formula is C12H11N3O. The number of amides is 1. The van der Waals surface area contributed by atoms with Gasteiger partial charge in [-0.05, 0) is 19.1 Å². The minimum atomic E-state index is -0.292. The summed E-state index contributed by atoms with van der Waals surface area (Å²) in [7, 11) is 0. The molecule has 0 fully saturated rings. The Bertz CT molecular complexity index is 483. The first kappa shape index (κ1) is 11.7. The van der Waals surface area contributed by atoms with Crippen molar-refractivity contribution in [2.75, 3.05) is 5.32 Å². The van der Waals surface area contributed by atoms with Crippen molar-refractivity contribution >= 4 is 11.7 Å². The molecule has 4 heteroatoms. The third-order valence-corrected chi connectivity index (χ3v) is 1.90. The number of hydrogen-bond donors (Lipinski definition) is 1. The zero-order valence-corrected chi connectivity index (χ0v) is 8.90. The first-order valence-corrected chi connectivity index (χ1v) is 4.68. The van der Waals surface area contributed by atoms with Crippen molar-refractivity contribution in [2.45, 2.75) is 6.92 Å². The van der Waals surface area contributed by atoms with Gasteiger partial charge in [-0.2, -0.15) is 5.26 Å². The van der Waals surface area contributed by atoms with Gasteiger partial charge in [-0.25, -0.2) is 4.98 Å². The molecule has 0 atom stereocenters. The van der Waals surface area contributed by atoms with Crippen LogP contribution < -0.4 is 5.32 Å². The molecule has 1 rings (SSSR count). The fraction of sp³-hybridized carbons (Fsp3) is 0.0833. The van der Waals surface area contributed by atoms with Gasteiger partial charge in [-0.1, -0.05) is 24.8 Å². The molecule has 1 aromatic heterocycles. The van der Waals surface area contributed by atoms with Crippen molar-refractivity contribution in [2.24, 2.45) is 0 Å². The zero-order valence-electron chi connectivity index (χ0n) is 8.90. The second-order valence-electron chi connectivity index (χ2n) is 2.92. The number of hydrogen-bond acceptors (Lipinski definition) is 3. The van der Waals surface area contributed by atoms with Crippen LogP contribution in [0, 0.1) is 11.3 Å². The average molecular weight is 213 g/mol. The highest BCUT2D eigenvalue weighted by molar-refractivity contribution is 6.05. The van der Waals surface area contributed by atoms with E-state index in [0.29, 0.717) is 11.4 Å². The number of nitriles is 1. The molecule has 0 spiro atoms. The lowest BCUT2D eigenvalue weighted by atomic mass is 10.2. The lowest BCUT2D eigenvalue weighted by Gasteiger charge is -2.04. The van der Waals surface area contributed by atoms with Gasteiger partial charge in [0.25, 0.3) is 5.91 Å². The monoisotopic (exact) mass is 213 g/mol. The number of allylic oxidation sites excluding steroid dienone is 1. The standard InChI is InChI=1S/C12H11N3O/c1-3-9(4-2)12(16)15-11-7-5-6-10(8-13)14-11/h3-7H,1H2,2H3,(H,14,15,16)/b9-4+. The number of anilines is 1. The third-order valence-electron chi connectivity index (χ3n) is 1.90. The van der Waals surface area contributed by atoms with E-state index in [1.54, 1.807) is 31.2 Å². The second kappa shape index (κ2) is 5.47. The number of nitrogens with zero attached hydrogens (tertiary/aromatic N) is 2. The van der Waals surface area contributed by atoms with Crippen molar-refractivity contribution in [1.29, 1.82) is 5.26 Å². The molecule has 0 aliphatic rings. The molecule has 0 bridgehead atoms. The van der Waals surface area contributed by atoms with E-state index in [0.717, 1.165) is 0 Å². The first-order valence-electron chi connectivity index (χ1n) is 4.68. The average Bonchev–Trinajstić information content (AvgIpc) is 2.31. The Morgan fingerprint density at radius 3 is 2.94 bits per heavy atom. The molecule has 0 aliphatic carbocycles. The van der Waals surface area contributed by atoms with E-state index in [2.05, 4.69) is 16.9 Å². The van der Waals surface area contributed by atoms with Crippen LogP contribution >= 0.6 is 0 Å². The number of aromatic nitrogens is 1. The molecule has 1 N–H and O–H groups in total. The van der Waals surface area contributed by atoms with Crippen LogP contribution in [0.15, 0.2) is 42.5 Å². The molecule has 0 saturated heterocycles. The quantitative estimate of drug-likeness (QED) is 0.617. The van der Waals surface area contributed by atoms with Crippen LogP contribution in [0.1, 0.15) is 12.6 Å². The molecule has 0 aliphatic heterocycles. The number of rotatable bonds is 3. The number of pyridine rings is 1. The molecule has 16 heavy (non-hydrogen) atoms. The van der Waals surface area contributed by atoms with E-state index in [4.69, 9.17) is 5.26 Å². The summed E-state index contributed by atoms with van der Waals surface area (Å²) in [6.45, 7) is 5.27. The topological polar surface area (TPSA) is 65.8 Å². The molecular weight excluding hydrogens is 202 g/mol. The van der Waals surface area contributed by atoms with E-state index in [-0.39, 0.29) is 11.6 Å². The largest absolute Gasteiger partial charge is 0.307 e. The van der Waals surface area contributed by atoms with E-state index in [9.17, 15) is 4.79 Å². The lowest BCUT2D eigenvalue weighted by Crippen LogP contribution is -2.14. The number of carbonyl (C=O) groups excluding carboxylic acids is 1. The smallest absolute Gasteiger partial charge is 0.256 e. The van der Waals surface area contributed by atoms with E-state index < -0.39 is 0 Å². The highest BCUT2D eigenvalue weighted by atomic mass is 16.1. The second-order valence-corrected chi connectivity index (χ2v) is 2.92. The van der Waals surface area contributed by atoms with Gasteiger partial charge in [-0.15, -0.1) is 0 Å². The Hall–Kier alpha value is -2.41. The fourth-order valence-corrected chi connectivity index (χ4v) is 1.10. The molecule has 1 aromatic rings. The molecule has 80 valence electrons. The molecule has 1 heterocycles. The predicted molar refractivity (Wildman–Crippen MR) is 61.5 cm³/mol. The van der Waals surface area contributed by atoms with Gasteiger partial charge >= 0.3 is 0 Å². The summed E-state index contributed by atoms with van der Waals surface area (Å²) in [6, 6.07) is 6.75. The summed E-state index contributed by atoms with van der Waals surface area (Å²) in [5.74, 6) is 0.0605. The zero-order chi connectivity index (χ0) is 12.0. The van der Waals surface area contributed by atoms with Crippen LogP contribution in [0.5, 0.6) is 0 Å². The minimum Gasteiger partial charge on any atom is -0.307 e. The van der Waals surface area contributed by atoms with E-state index >= 15 is 0 Å². The summed E-state index contributed by atoms with van der Waals surface area (Å²) >= 11 is 0. The molecule has 1 amide bonds. The van der Waals surface area contributed by atoms with Gasteiger partial charge in [0.15, 0.2) is 0 Å². The highest BCUT2D eigenvalue weighted by Gasteiger charge is 2.06. The summed E-state index contributed by atoms with van der Waals surface area (Å²) in [5.41, 5.74) is 0.725. The van der Waals surface area contributed by atoms with Crippen molar-refractivity contribution in [1.82, 2.24) is 4.98 Å². The third kappa shape index (κ3) is 2.79. The highest BCUT2D eigenvalue weighted by Crippen LogP contribution is 2.06. The first-order chi connectivity index (χ1) is 7.71. The maximum Gasteiger partial charge on any atom is 0.256 e. The summed E-state index contributed by atoms with van der Waals surface area (Å²) in [5, 5.41) is 11.2. The van der Waals surface area contributed by atoms with Crippen LogP contribution in [0.25, 0.3) is 0 Å². The SMILES string of the molecule is C=C/C(=C\C)C(=O)Nc1cccc(C#N)n1. The Balaban J connectivity index is 2.85. The summed E-state index contributed by atoms with van der Waals surface area (Å²) in [4.78, 5) is 15.5. The van der Waals surface area contributed by atoms with Gasteiger partial charge in [0.05, 0.1) is 0 Å². The van der Waals surface area contributed by atoms with Gasteiger partial charge in [0, 0.05) is 5.57 Å². The van der Waals surface area contributed by atoms with Gasteiger partial charge in [0.2, 0.25) is 0 Å². The van der Waals surface area contributed by atoms with Crippen LogP contribution in [0.4, 0.5) is 5.82 Å². The lowest BCUT2D eigenvalue weighted by molar-refractivity contribution is -0.112. The molecule has 0 saturated carbocycles. The Morgan fingerprint density at radius 1 is 1.62 bits per heavy atom. The molecule has 0 aromatic carbocycles. The van der Waals surface area contributed by atoms with Crippen LogP contribution in [0.3, 0.4) is 0 Å². The Kier molecular flexibility index (Phi) is 3.98. The van der Waals surface area contributed by atoms with Gasteiger partial charge in [0.1, 0.15) is 17.6 Å². The van der Waals surface area contributed by atoms with Crippen molar-refractivity contribution in [3.05, 3.63) is 48.2 Å². The normalized spacial score (nSPS) is 10.4. The summed E-state index contributed by atoms with van der Waals surface area (Å²) in [6.07, 6.45) is 3.11. The maximum absolute atomic E-state index is 11.6. The summed E-state index contributed by atoms with van der Waals surface area (Å²) < 4.78 is 0. The fourth-order valence-electron chi connectivity index (χ4n) is 1.10. The van der Waals surface area contributed by atoms with Crippen molar-refractivity contribution in [3.63, 3.8) is 0 Å². The number of carbonyl (C=O) groups is 1. The van der Waals surface area contributed by atoms with Crippen molar-refractivity contribution in [3.8, 4) is 6.07 Å². The van der Waals surface area contributed by atoms with Crippen molar-refractivity contribution < 1.29 is 4.79 Å². The van der Waals surface area contributed by atoms with Gasteiger partial charge < -0.3 is 5.32 Å². The van der Waals surface area contributed by atoms with Crippen LogP contribution in [-0.4, -0.2) is 10.9 Å². The maximum atomic E-state index is 11.6. The minimum absolute atomic E-state index is 0.262.